The summed E-state index contributed by atoms with van der Waals surface area (Å²) < 4.78 is 29.2. The lowest BCUT2D eigenvalue weighted by Crippen LogP contribution is -2.53. The van der Waals surface area contributed by atoms with Crippen LogP contribution in [0.5, 0.6) is 0 Å². The second-order valence-electron chi connectivity index (χ2n) is 10.5. The quantitative estimate of drug-likeness (QED) is 0.270. The summed E-state index contributed by atoms with van der Waals surface area (Å²) in [5.41, 5.74) is 3.98. The van der Waals surface area contributed by atoms with Gasteiger partial charge in [0.1, 0.15) is 12.6 Å². The SMILES string of the molecule is CC[C@@H](C)NC(=O)[C@@H](CC)N(Cc1ccc(Cl)cc1)C(=O)CN(c1ccc(C)c(C)c1)S(=O)(=O)c1ccc(C)cc1. The van der Waals surface area contributed by atoms with E-state index in [9.17, 15) is 18.0 Å². The van der Waals surface area contributed by atoms with Crippen LogP contribution in [0.2, 0.25) is 5.02 Å². The molecule has 0 fully saturated rings. The molecule has 2 amide bonds. The molecule has 3 aromatic carbocycles. The molecule has 9 heteroatoms. The second kappa shape index (κ2) is 14.0. The van der Waals surface area contributed by atoms with Gasteiger partial charge in [-0.25, -0.2) is 8.42 Å². The normalized spacial score (nSPS) is 12.9. The molecule has 0 aromatic heterocycles. The summed E-state index contributed by atoms with van der Waals surface area (Å²) in [6.45, 7) is 11.1. The van der Waals surface area contributed by atoms with Crippen LogP contribution in [0.3, 0.4) is 0 Å². The molecule has 2 atom stereocenters. The van der Waals surface area contributed by atoms with Gasteiger partial charge < -0.3 is 10.2 Å². The number of aryl methyl sites for hydroxylation is 3. The van der Waals surface area contributed by atoms with Crippen molar-refractivity contribution in [3.05, 3.63) is 94.0 Å². The van der Waals surface area contributed by atoms with Crippen LogP contribution in [0.25, 0.3) is 0 Å². The molecular formula is C32H40ClN3O4S. The van der Waals surface area contributed by atoms with Crippen LogP contribution in [-0.2, 0) is 26.2 Å². The third-order valence-corrected chi connectivity index (χ3v) is 9.36. The smallest absolute Gasteiger partial charge is 0.264 e. The Hall–Kier alpha value is -3.36. The maximum atomic E-state index is 14.2. The number of anilines is 1. The number of hydrogen-bond acceptors (Lipinski definition) is 4. The lowest BCUT2D eigenvalue weighted by molar-refractivity contribution is -0.140. The first kappa shape index (κ1) is 32.2. The van der Waals surface area contributed by atoms with Gasteiger partial charge in [-0.3, -0.25) is 13.9 Å². The zero-order chi connectivity index (χ0) is 30.3. The fraction of sp³-hybridized carbons (Fsp3) is 0.375. The van der Waals surface area contributed by atoms with E-state index >= 15 is 0 Å². The van der Waals surface area contributed by atoms with Crippen molar-refractivity contribution in [3.8, 4) is 0 Å². The Kier molecular flexibility index (Phi) is 11.0. The molecule has 0 unspecified atom stereocenters. The van der Waals surface area contributed by atoms with E-state index in [1.165, 1.54) is 4.90 Å². The van der Waals surface area contributed by atoms with Gasteiger partial charge in [0.2, 0.25) is 11.8 Å². The molecule has 41 heavy (non-hydrogen) atoms. The van der Waals surface area contributed by atoms with E-state index in [4.69, 9.17) is 11.6 Å². The molecule has 0 heterocycles. The van der Waals surface area contributed by atoms with Gasteiger partial charge in [-0.05, 0) is 93.6 Å². The topological polar surface area (TPSA) is 86.8 Å². The predicted molar refractivity (Wildman–Crippen MR) is 166 cm³/mol. The Morgan fingerprint density at radius 1 is 0.878 bits per heavy atom. The lowest BCUT2D eigenvalue weighted by atomic mass is 10.1. The van der Waals surface area contributed by atoms with Crippen LogP contribution in [0, 0.1) is 20.8 Å². The van der Waals surface area contributed by atoms with Crippen LogP contribution in [0.4, 0.5) is 5.69 Å². The maximum Gasteiger partial charge on any atom is 0.264 e. The highest BCUT2D eigenvalue weighted by molar-refractivity contribution is 7.92. The first-order valence-corrected chi connectivity index (χ1v) is 15.7. The van der Waals surface area contributed by atoms with Gasteiger partial charge in [-0.2, -0.15) is 0 Å². The third-order valence-electron chi connectivity index (χ3n) is 7.32. The van der Waals surface area contributed by atoms with E-state index in [1.54, 1.807) is 60.7 Å². The number of rotatable bonds is 12. The number of nitrogens with zero attached hydrogens (tertiary/aromatic N) is 2. The van der Waals surface area contributed by atoms with Gasteiger partial charge in [0.15, 0.2) is 0 Å². The Labute approximate surface area is 249 Å². The van der Waals surface area contributed by atoms with E-state index in [2.05, 4.69) is 5.32 Å². The molecule has 3 rings (SSSR count). The first-order valence-electron chi connectivity index (χ1n) is 13.9. The van der Waals surface area contributed by atoms with E-state index in [1.807, 2.05) is 47.6 Å². The summed E-state index contributed by atoms with van der Waals surface area (Å²) in [4.78, 5) is 29.1. The highest BCUT2D eigenvalue weighted by atomic mass is 35.5. The summed E-state index contributed by atoms with van der Waals surface area (Å²) >= 11 is 6.08. The number of benzene rings is 3. The Morgan fingerprint density at radius 2 is 1.51 bits per heavy atom. The van der Waals surface area contributed by atoms with Gasteiger partial charge in [0.05, 0.1) is 10.6 Å². The average Bonchev–Trinajstić information content (AvgIpc) is 2.94. The number of nitrogens with one attached hydrogen (secondary N) is 1. The number of amides is 2. The molecule has 3 aromatic rings. The van der Waals surface area contributed by atoms with Crippen LogP contribution in [0.15, 0.2) is 71.6 Å². The molecule has 7 nitrogen and oxygen atoms in total. The molecular weight excluding hydrogens is 558 g/mol. The van der Waals surface area contributed by atoms with E-state index in [-0.39, 0.29) is 23.4 Å². The molecule has 0 saturated carbocycles. The summed E-state index contributed by atoms with van der Waals surface area (Å²) in [6, 6.07) is 18.0. The highest BCUT2D eigenvalue weighted by Gasteiger charge is 2.34. The van der Waals surface area contributed by atoms with Crippen molar-refractivity contribution in [3.63, 3.8) is 0 Å². The average molecular weight is 598 g/mol. The monoisotopic (exact) mass is 597 g/mol. The van der Waals surface area contributed by atoms with Crippen molar-refractivity contribution in [2.75, 3.05) is 10.8 Å². The predicted octanol–water partition coefficient (Wildman–Crippen LogP) is 6.18. The number of hydrogen-bond donors (Lipinski definition) is 1. The second-order valence-corrected chi connectivity index (χ2v) is 12.8. The van der Waals surface area contributed by atoms with Crippen molar-refractivity contribution in [2.45, 2.75) is 77.9 Å². The summed E-state index contributed by atoms with van der Waals surface area (Å²) in [7, 11) is -4.12. The molecule has 0 spiro atoms. The van der Waals surface area contributed by atoms with E-state index in [0.29, 0.717) is 17.1 Å². The minimum Gasteiger partial charge on any atom is -0.352 e. The van der Waals surface area contributed by atoms with Crippen molar-refractivity contribution in [1.29, 1.82) is 0 Å². The molecule has 1 N–H and O–H groups in total. The standard InChI is InChI=1S/C32H40ClN3O4S/c1-7-25(6)34-32(38)30(8-2)35(20-26-12-14-27(33)15-13-26)31(37)21-36(28-16-11-23(4)24(5)19-28)41(39,40)29-17-9-22(3)10-18-29/h9-19,25,30H,7-8,20-21H2,1-6H3,(H,34,38)/t25-,30-/m1/s1. The molecule has 220 valence electrons. The largest absolute Gasteiger partial charge is 0.352 e. The number of carbonyl (C=O) groups is 2. The Morgan fingerprint density at radius 3 is 2.07 bits per heavy atom. The van der Waals surface area contributed by atoms with Crippen LogP contribution < -0.4 is 9.62 Å². The van der Waals surface area contributed by atoms with Crippen LogP contribution >= 0.6 is 11.6 Å². The van der Waals surface area contributed by atoms with Crippen LogP contribution in [0.1, 0.15) is 55.9 Å². The van der Waals surface area contributed by atoms with Crippen molar-refractivity contribution in [1.82, 2.24) is 10.2 Å². The molecule has 0 saturated heterocycles. The van der Waals surface area contributed by atoms with Crippen molar-refractivity contribution >= 4 is 39.1 Å². The molecule has 0 aliphatic carbocycles. The molecule has 0 aliphatic heterocycles. The Balaban J connectivity index is 2.08. The molecule has 0 aliphatic rings. The Bertz CT molecular complexity index is 1460. The van der Waals surface area contributed by atoms with Gasteiger partial charge in [0, 0.05) is 17.6 Å². The fourth-order valence-corrected chi connectivity index (χ4v) is 5.93. The first-order chi connectivity index (χ1) is 19.4. The molecule has 0 radical (unpaired) electrons. The lowest BCUT2D eigenvalue weighted by Gasteiger charge is -2.34. The van der Waals surface area contributed by atoms with Gasteiger partial charge >= 0.3 is 0 Å². The minimum absolute atomic E-state index is 0.0713. The van der Waals surface area contributed by atoms with Gasteiger partial charge in [-0.1, -0.05) is 61.3 Å². The summed E-state index contributed by atoms with van der Waals surface area (Å²) in [5.74, 6) is -0.761. The summed E-state index contributed by atoms with van der Waals surface area (Å²) in [5, 5.41) is 3.54. The van der Waals surface area contributed by atoms with Crippen molar-refractivity contribution < 1.29 is 18.0 Å². The number of halogens is 1. The van der Waals surface area contributed by atoms with Gasteiger partial charge in [0.25, 0.3) is 10.0 Å². The number of sulfonamides is 1. The summed E-state index contributed by atoms with van der Waals surface area (Å²) in [6.07, 6.45) is 1.10. The van der Waals surface area contributed by atoms with Gasteiger partial charge in [-0.15, -0.1) is 0 Å². The number of carbonyl (C=O) groups excluding carboxylic acids is 2. The van der Waals surface area contributed by atoms with E-state index < -0.39 is 28.5 Å². The van der Waals surface area contributed by atoms with Crippen molar-refractivity contribution in [2.24, 2.45) is 0 Å². The fourth-order valence-electron chi connectivity index (χ4n) is 4.39. The zero-order valence-corrected chi connectivity index (χ0v) is 26.2. The zero-order valence-electron chi connectivity index (χ0n) is 24.6. The highest BCUT2D eigenvalue weighted by Crippen LogP contribution is 2.27. The minimum atomic E-state index is -4.12. The maximum absolute atomic E-state index is 14.2. The molecule has 0 bridgehead atoms. The van der Waals surface area contributed by atoms with E-state index in [0.717, 1.165) is 33.0 Å². The third kappa shape index (κ3) is 8.11. The van der Waals surface area contributed by atoms with Crippen LogP contribution in [-0.4, -0.2) is 43.8 Å².